The molecule has 1 aliphatic heterocycles. The van der Waals surface area contributed by atoms with E-state index in [0.717, 1.165) is 42.9 Å². The molecule has 0 amide bonds. The molecule has 0 unspecified atom stereocenters. The summed E-state index contributed by atoms with van der Waals surface area (Å²) < 4.78 is 4.70. The minimum atomic E-state index is -0.173. The molecule has 2 aromatic rings. The first-order chi connectivity index (χ1) is 9.78. The summed E-state index contributed by atoms with van der Waals surface area (Å²) in [5.74, 6) is -0.173. The third-order valence-corrected chi connectivity index (χ3v) is 3.72. The minimum absolute atomic E-state index is 0.173. The van der Waals surface area contributed by atoms with Gasteiger partial charge < -0.3 is 14.6 Å². The molecule has 2 heterocycles. The van der Waals surface area contributed by atoms with Crippen molar-refractivity contribution in [1.82, 2.24) is 14.9 Å². The smallest absolute Gasteiger partial charge is 0.319 e. The van der Waals surface area contributed by atoms with Crippen LogP contribution in [0.2, 0.25) is 0 Å². The van der Waals surface area contributed by atoms with Crippen LogP contribution in [-0.2, 0) is 9.53 Å². The average molecular weight is 274 g/mol. The van der Waals surface area contributed by atoms with Crippen molar-refractivity contribution in [2.45, 2.75) is 0 Å². The minimum Gasteiger partial charge on any atom is -0.468 e. The molecule has 6 heteroatoms. The Balaban J connectivity index is 1.69. The van der Waals surface area contributed by atoms with E-state index in [2.05, 4.69) is 25.8 Å². The van der Waals surface area contributed by atoms with Crippen LogP contribution in [0.4, 0.5) is 5.69 Å². The number of aromatic nitrogens is 2. The molecule has 0 atom stereocenters. The van der Waals surface area contributed by atoms with Crippen molar-refractivity contribution < 1.29 is 9.53 Å². The molecule has 0 aliphatic carbocycles. The SMILES string of the molecule is COC(=O)CN1CCN(c2cccc3[nH]cnc23)CC1. The van der Waals surface area contributed by atoms with E-state index < -0.39 is 0 Å². The average Bonchev–Trinajstić information content (AvgIpc) is 2.96. The number of carbonyl (C=O) groups excluding carboxylic acids is 1. The van der Waals surface area contributed by atoms with Gasteiger partial charge in [-0.25, -0.2) is 4.98 Å². The van der Waals surface area contributed by atoms with Crippen LogP contribution in [0.3, 0.4) is 0 Å². The van der Waals surface area contributed by atoms with Gasteiger partial charge in [0.15, 0.2) is 0 Å². The van der Waals surface area contributed by atoms with E-state index in [0.29, 0.717) is 6.54 Å². The molecule has 1 N–H and O–H groups in total. The lowest BCUT2D eigenvalue weighted by Gasteiger charge is -2.35. The van der Waals surface area contributed by atoms with Gasteiger partial charge in [0.25, 0.3) is 0 Å². The number of para-hydroxylation sites is 1. The highest BCUT2D eigenvalue weighted by atomic mass is 16.5. The number of rotatable bonds is 3. The molecule has 1 aromatic heterocycles. The van der Waals surface area contributed by atoms with Gasteiger partial charge in [0.1, 0.15) is 5.52 Å². The fourth-order valence-corrected chi connectivity index (χ4v) is 2.60. The van der Waals surface area contributed by atoms with Gasteiger partial charge in [-0.05, 0) is 12.1 Å². The fraction of sp³-hybridized carbons (Fsp3) is 0.429. The quantitative estimate of drug-likeness (QED) is 0.841. The van der Waals surface area contributed by atoms with E-state index in [4.69, 9.17) is 4.74 Å². The number of piperazine rings is 1. The van der Waals surface area contributed by atoms with Crippen molar-refractivity contribution in [3.63, 3.8) is 0 Å². The highest BCUT2D eigenvalue weighted by Crippen LogP contribution is 2.24. The van der Waals surface area contributed by atoms with Gasteiger partial charge in [-0.2, -0.15) is 0 Å². The maximum absolute atomic E-state index is 11.3. The zero-order valence-corrected chi connectivity index (χ0v) is 11.5. The first-order valence-electron chi connectivity index (χ1n) is 6.74. The molecule has 0 radical (unpaired) electrons. The second-order valence-electron chi connectivity index (χ2n) is 4.92. The summed E-state index contributed by atoms with van der Waals surface area (Å²) in [5.41, 5.74) is 3.22. The van der Waals surface area contributed by atoms with E-state index in [9.17, 15) is 4.79 Å². The van der Waals surface area contributed by atoms with Crippen LogP contribution in [-0.4, -0.2) is 60.7 Å². The van der Waals surface area contributed by atoms with Crippen LogP contribution in [0, 0.1) is 0 Å². The lowest BCUT2D eigenvalue weighted by Crippen LogP contribution is -2.48. The van der Waals surface area contributed by atoms with Crippen molar-refractivity contribution in [3.05, 3.63) is 24.5 Å². The normalized spacial score (nSPS) is 16.6. The van der Waals surface area contributed by atoms with E-state index in [-0.39, 0.29) is 5.97 Å². The van der Waals surface area contributed by atoms with Gasteiger partial charge in [-0.15, -0.1) is 0 Å². The molecule has 0 spiro atoms. The van der Waals surface area contributed by atoms with Crippen molar-refractivity contribution >= 4 is 22.7 Å². The summed E-state index contributed by atoms with van der Waals surface area (Å²) in [6, 6.07) is 6.16. The largest absolute Gasteiger partial charge is 0.468 e. The molecule has 3 rings (SSSR count). The molecule has 0 bridgehead atoms. The van der Waals surface area contributed by atoms with Crippen LogP contribution in [0.5, 0.6) is 0 Å². The number of hydrogen-bond donors (Lipinski definition) is 1. The topological polar surface area (TPSA) is 61.5 Å². The maximum atomic E-state index is 11.3. The van der Waals surface area contributed by atoms with Crippen LogP contribution in [0.1, 0.15) is 0 Å². The van der Waals surface area contributed by atoms with E-state index >= 15 is 0 Å². The number of benzene rings is 1. The Morgan fingerprint density at radius 1 is 1.35 bits per heavy atom. The van der Waals surface area contributed by atoms with Crippen molar-refractivity contribution in [1.29, 1.82) is 0 Å². The predicted octanol–water partition coefficient (Wildman–Crippen LogP) is 0.858. The molecule has 106 valence electrons. The Kier molecular flexibility index (Phi) is 3.56. The summed E-state index contributed by atoms with van der Waals surface area (Å²) in [6.07, 6.45) is 1.72. The lowest BCUT2D eigenvalue weighted by molar-refractivity contribution is -0.142. The first kappa shape index (κ1) is 12.9. The molecule has 1 fully saturated rings. The molecular weight excluding hydrogens is 256 g/mol. The number of esters is 1. The zero-order valence-electron chi connectivity index (χ0n) is 11.5. The van der Waals surface area contributed by atoms with Gasteiger partial charge in [0.2, 0.25) is 0 Å². The Morgan fingerprint density at radius 2 is 2.15 bits per heavy atom. The van der Waals surface area contributed by atoms with E-state index in [1.54, 1.807) is 6.33 Å². The van der Waals surface area contributed by atoms with Crippen molar-refractivity contribution in [2.24, 2.45) is 0 Å². The molecule has 1 saturated heterocycles. The fourth-order valence-electron chi connectivity index (χ4n) is 2.60. The van der Waals surface area contributed by atoms with Crippen LogP contribution >= 0.6 is 0 Å². The number of methoxy groups -OCH3 is 1. The third kappa shape index (κ3) is 2.46. The summed E-state index contributed by atoms with van der Waals surface area (Å²) >= 11 is 0. The molecular formula is C14H18N4O2. The molecule has 1 aliphatic rings. The first-order valence-corrected chi connectivity index (χ1v) is 6.74. The Morgan fingerprint density at radius 3 is 2.90 bits per heavy atom. The summed E-state index contributed by atoms with van der Waals surface area (Å²) in [5, 5.41) is 0. The number of aromatic amines is 1. The Bertz CT molecular complexity index is 602. The van der Waals surface area contributed by atoms with Crippen molar-refractivity contribution in [3.8, 4) is 0 Å². The van der Waals surface area contributed by atoms with Gasteiger partial charge in [0.05, 0.1) is 31.2 Å². The number of hydrogen-bond acceptors (Lipinski definition) is 5. The highest BCUT2D eigenvalue weighted by molar-refractivity contribution is 5.88. The highest BCUT2D eigenvalue weighted by Gasteiger charge is 2.20. The summed E-state index contributed by atoms with van der Waals surface area (Å²) in [4.78, 5) is 23.2. The van der Waals surface area contributed by atoms with Gasteiger partial charge in [-0.1, -0.05) is 6.07 Å². The van der Waals surface area contributed by atoms with Crippen LogP contribution < -0.4 is 4.90 Å². The maximum Gasteiger partial charge on any atom is 0.319 e. The number of anilines is 1. The number of imidazole rings is 1. The number of carbonyl (C=O) groups is 1. The lowest BCUT2D eigenvalue weighted by atomic mass is 10.2. The molecule has 6 nitrogen and oxygen atoms in total. The molecule has 1 aromatic carbocycles. The predicted molar refractivity (Wildman–Crippen MR) is 76.8 cm³/mol. The number of fused-ring (bicyclic) bond motifs is 1. The van der Waals surface area contributed by atoms with Crippen molar-refractivity contribution in [2.75, 3.05) is 44.7 Å². The molecule has 0 saturated carbocycles. The molecule has 20 heavy (non-hydrogen) atoms. The number of ether oxygens (including phenoxy) is 1. The van der Waals surface area contributed by atoms with Gasteiger partial charge >= 0.3 is 5.97 Å². The third-order valence-electron chi connectivity index (χ3n) is 3.72. The standard InChI is InChI=1S/C14H18N4O2/c1-20-13(19)9-17-5-7-18(8-6-17)12-4-2-3-11-14(12)16-10-15-11/h2-4,10H,5-9H2,1H3,(H,15,16). The number of nitrogens with zero attached hydrogens (tertiary/aromatic N) is 3. The number of H-pyrrole nitrogens is 1. The van der Waals surface area contributed by atoms with Gasteiger partial charge in [0, 0.05) is 26.2 Å². The zero-order chi connectivity index (χ0) is 13.9. The van der Waals surface area contributed by atoms with Crippen LogP contribution in [0.15, 0.2) is 24.5 Å². The van der Waals surface area contributed by atoms with E-state index in [1.807, 2.05) is 12.1 Å². The second-order valence-corrected chi connectivity index (χ2v) is 4.92. The summed E-state index contributed by atoms with van der Waals surface area (Å²) in [6.45, 7) is 3.87. The Hall–Kier alpha value is -2.08. The van der Waals surface area contributed by atoms with Crippen LogP contribution in [0.25, 0.3) is 11.0 Å². The van der Waals surface area contributed by atoms with Gasteiger partial charge in [-0.3, -0.25) is 9.69 Å². The monoisotopic (exact) mass is 274 g/mol. The Labute approximate surface area is 117 Å². The number of nitrogens with one attached hydrogen (secondary N) is 1. The van der Waals surface area contributed by atoms with E-state index in [1.165, 1.54) is 7.11 Å². The summed E-state index contributed by atoms with van der Waals surface area (Å²) in [7, 11) is 1.43. The second kappa shape index (κ2) is 5.50.